The van der Waals surface area contributed by atoms with E-state index in [0.29, 0.717) is 19.5 Å². The first-order valence-corrected chi connectivity index (χ1v) is 8.64. The van der Waals surface area contributed by atoms with Gasteiger partial charge in [-0.05, 0) is 18.9 Å². The van der Waals surface area contributed by atoms with Gasteiger partial charge in [-0.3, -0.25) is 4.79 Å². The van der Waals surface area contributed by atoms with Gasteiger partial charge in [0.1, 0.15) is 5.01 Å². The molecule has 0 unspecified atom stereocenters. The van der Waals surface area contributed by atoms with Gasteiger partial charge in [-0.15, -0.1) is 36.2 Å². The average molecular weight is 404 g/mol. The Balaban J connectivity index is 0.00000288. The Morgan fingerprint density at radius 3 is 2.40 bits per heavy atom. The summed E-state index contributed by atoms with van der Waals surface area (Å²) >= 11 is 1.58. The lowest BCUT2D eigenvalue weighted by Gasteiger charge is -2.28. The maximum Gasteiger partial charge on any atom is 0.228 e. The highest BCUT2D eigenvalue weighted by atomic mass is 35.5. The molecule has 2 rings (SSSR count). The molecule has 25 heavy (non-hydrogen) atoms. The Labute approximate surface area is 166 Å². The Morgan fingerprint density at radius 2 is 1.84 bits per heavy atom. The third kappa shape index (κ3) is 6.94. The van der Waals surface area contributed by atoms with E-state index in [-0.39, 0.29) is 36.1 Å². The number of thiazole rings is 1. The summed E-state index contributed by atoms with van der Waals surface area (Å²) < 4.78 is 0. The van der Waals surface area contributed by atoms with Crippen LogP contribution in [0, 0.1) is 12.3 Å². The van der Waals surface area contributed by atoms with E-state index in [1.165, 1.54) is 5.56 Å². The van der Waals surface area contributed by atoms with Crippen LogP contribution in [-0.2, 0) is 11.2 Å². The van der Waals surface area contributed by atoms with Gasteiger partial charge >= 0.3 is 0 Å². The van der Waals surface area contributed by atoms with Crippen molar-refractivity contribution in [3.8, 4) is 10.6 Å². The number of carbonyl (C=O) groups excluding carboxylic acids is 1. The molecule has 2 N–H and O–H groups in total. The fourth-order valence-corrected chi connectivity index (χ4v) is 3.13. The van der Waals surface area contributed by atoms with E-state index in [9.17, 15) is 4.79 Å². The Kier molecular flexibility index (Phi) is 9.66. The first-order valence-electron chi connectivity index (χ1n) is 7.76. The van der Waals surface area contributed by atoms with Crippen LogP contribution < -0.4 is 5.73 Å². The minimum Gasteiger partial charge on any atom is -0.345 e. The molecule has 2 aromatic rings. The number of nitrogens with zero attached hydrogens (tertiary/aromatic N) is 2. The number of hydrogen-bond donors (Lipinski definition) is 1. The van der Waals surface area contributed by atoms with Gasteiger partial charge in [0, 0.05) is 24.5 Å². The van der Waals surface area contributed by atoms with E-state index in [4.69, 9.17) is 5.73 Å². The summed E-state index contributed by atoms with van der Waals surface area (Å²) in [7, 11) is 1.83. The molecule has 0 aliphatic rings. The van der Waals surface area contributed by atoms with Crippen LogP contribution in [0.1, 0.15) is 25.1 Å². The Hall–Kier alpha value is -1.14. The summed E-state index contributed by atoms with van der Waals surface area (Å²) in [5.41, 5.74) is 8.82. The van der Waals surface area contributed by atoms with E-state index >= 15 is 0 Å². The molecule has 0 saturated heterocycles. The lowest BCUT2D eigenvalue weighted by molar-refractivity contribution is -0.130. The molecule has 0 spiro atoms. The topological polar surface area (TPSA) is 59.2 Å². The molecular formula is C18H27Cl2N3OS. The molecule has 0 aliphatic carbocycles. The number of nitrogens with two attached hydrogens (primary N) is 1. The highest BCUT2D eigenvalue weighted by molar-refractivity contribution is 7.13. The molecule has 0 bridgehead atoms. The quantitative estimate of drug-likeness (QED) is 0.793. The number of likely N-dealkylation sites (N-methyl/N-ethyl adjacent to an activating group) is 1. The fourth-order valence-electron chi connectivity index (χ4n) is 2.30. The van der Waals surface area contributed by atoms with Crippen LogP contribution in [0.2, 0.25) is 0 Å². The van der Waals surface area contributed by atoms with Crippen LogP contribution in [0.4, 0.5) is 0 Å². The number of halogens is 2. The summed E-state index contributed by atoms with van der Waals surface area (Å²) in [6.07, 6.45) is 0.333. The van der Waals surface area contributed by atoms with Gasteiger partial charge in [-0.25, -0.2) is 4.98 Å². The number of carbonyl (C=O) groups is 1. The molecule has 1 heterocycles. The second-order valence-corrected chi connectivity index (χ2v) is 7.66. The standard InChI is InChI=1S/C18H25N3OS.2ClH/c1-13-5-7-14(8-6-13)17-20-15(10-23-17)9-16(22)21(4)12-18(2,3)11-19;;/h5-8,10H,9,11-12,19H2,1-4H3;2*1H. The largest absolute Gasteiger partial charge is 0.345 e. The van der Waals surface area contributed by atoms with Crippen molar-refractivity contribution >= 4 is 42.1 Å². The van der Waals surface area contributed by atoms with Crippen molar-refractivity contribution in [3.05, 3.63) is 40.9 Å². The first-order chi connectivity index (χ1) is 10.8. The molecular weight excluding hydrogens is 377 g/mol. The number of benzene rings is 1. The van der Waals surface area contributed by atoms with Crippen LogP contribution in [0.3, 0.4) is 0 Å². The van der Waals surface area contributed by atoms with Crippen molar-refractivity contribution in [1.29, 1.82) is 0 Å². The van der Waals surface area contributed by atoms with E-state index in [2.05, 4.69) is 50.0 Å². The number of rotatable bonds is 6. The number of hydrogen-bond acceptors (Lipinski definition) is 4. The van der Waals surface area contributed by atoms with Crippen molar-refractivity contribution in [2.24, 2.45) is 11.1 Å². The molecule has 1 aromatic heterocycles. The predicted octanol–water partition coefficient (Wildman–Crippen LogP) is 3.95. The smallest absolute Gasteiger partial charge is 0.228 e. The molecule has 140 valence electrons. The normalized spacial score (nSPS) is 10.6. The van der Waals surface area contributed by atoms with Crippen molar-refractivity contribution < 1.29 is 4.79 Å². The minimum atomic E-state index is -0.0699. The maximum atomic E-state index is 12.3. The zero-order valence-corrected chi connectivity index (χ0v) is 17.6. The van der Waals surface area contributed by atoms with Crippen molar-refractivity contribution in [2.75, 3.05) is 20.1 Å². The van der Waals surface area contributed by atoms with E-state index in [0.717, 1.165) is 16.3 Å². The summed E-state index contributed by atoms with van der Waals surface area (Å²) in [5, 5.41) is 2.92. The number of aryl methyl sites for hydroxylation is 1. The van der Waals surface area contributed by atoms with E-state index in [1.807, 2.05) is 12.4 Å². The molecule has 0 saturated carbocycles. The van der Waals surface area contributed by atoms with Gasteiger partial charge in [-0.2, -0.15) is 0 Å². The lowest BCUT2D eigenvalue weighted by atomic mass is 9.93. The van der Waals surface area contributed by atoms with Crippen molar-refractivity contribution in [1.82, 2.24) is 9.88 Å². The Morgan fingerprint density at radius 1 is 1.24 bits per heavy atom. The van der Waals surface area contributed by atoms with Crippen LogP contribution >= 0.6 is 36.2 Å². The van der Waals surface area contributed by atoms with Crippen LogP contribution in [0.15, 0.2) is 29.6 Å². The second kappa shape index (κ2) is 10.1. The maximum absolute atomic E-state index is 12.3. The van der Waals surface area contributed by atoms with E-state index in [1.54, 1.807) is 16.2 Å². The van der Waals surface area contributed by atoms with Crippen molar-refractivity contribution in [2.45, 2.75) is 27.2 Å². The van der Waals surface area contributed by atoms with Crippen LogP contribution in [0.25, 0.3) is 10.6 Å². The van der Waals surface area contributed by atoms with Gasteiger partial charge in [0.2, 0.25) is 5.91 Å². The third-order valence-electron chi connectivity index (χ3n) is 3.83. The van der Waals surface area contributed by atoms with Crippen molar-refractivity contribution in [3.63, 3.8) is 0 Å². The minimum absolute atomic E-state index is 0. The molecule has 1 aromatic carbocycles. The molecule has 0 atom stereocenters. The molecule has 1 amide bonds. The summed E-state index contributed by atoms with van der Waals surface area (Å²) in [4.78, 5) is 18.7. The lowest BCUT2D eigenvalue weighted by Crippen LogP contribution is -2.40. The fraction of sp³-hybridized carbons (Fsp3) is 0.444. The zero-order valence-electron chi connectivity index (χ0n) is 15.1. The molecule has 7 heteroatoms. The van der Waals surface area contributed by atoms with Gasteiger partial charge in [-0.1, -0.05) is 43.7 Å². The Bertz CT molecular complexity index is 671. The third-order valence-corrected chi connectivity index (χ3v) is 4.77. The van der Waals surface area contributed by atoms with Gasteiger partial charge in [0.15, 0.2) is 0 Å². The summed E-state index contributed by atoms with van der Waals surface area (Å²) in [6, 6.07) is 8.28. The SMILES string of the molecule is Cc1ccc(-c2nc(CC(=O)N(C)CC(C)(C)CN)cs2)cc1.Cl.Cl. The van der Waals surface area contributed by atoms with Gasteiger partial charge in [0.25, 0.3) is 0 Å². The van der Waals surface area contributed by atoms with E-state index < -0.39 is 0 Å². The zero-order chi connectivity index (χ0) is 17.0. The second-order valence-electron chi connectivity index (χ2n) is 6.80. The average Bonchev–Trinajstić information content (AvgIpc) is 2.96. The number of aromatic nitrogens is 1. The molecule has 4 nitrogen and oxygen atoms in total. The monoisotopic (exact) mass is 403 g/mol. The molecule has 0 fully saturated rings. The van der Waals surface area contributed by atoms with Crippen LogP contribution in [-0.4, -0.2) is 35.9 Å². The van der Waals surface area contributed by atoms with Gasteiger partial charge < -0.3 is 10.6 Å². The highest BCUT2D eigenvalue weighted by Crippen LogP contribution is 2.24. The number of amides is 1. The molecule has 0 radical (unpaired) electrons. The predicted molar refractivity (Wildman–Crippen MR) is 111 cm³/mol. The highest BCUT2D eigenvalue weighted by Gasteiger charge is 2.21. The first kappa shape index (κ1) is 23.9. The summed E-state index contributed by atoms with van der Waals surface area (Å²) in [6.45, 7) is 7.40. The van der Waals surface area contributed by atoms with Crippen LogP contribution in [0.5, 0.6) is 0 Å². The summed E-state index contributed by atoms with van der Waals surface area (Å²) in [5.74, 6) is 0.0762. The van der Waals surface area contributed by atoms with Gasteiger partial charge in [0.05, 0.1) is 12.1 Å². The molecule has 0 aliphatic heterocycles.